The van der Waals surface area contributed by atoms with Gasteiger partial charge < -0.3 is 10.6 Å². The van der Waals surface area contributed by atoms with Crippen LogP contribution in [-0.4, -0.2) is 27.6 Å². The Labute approximate surface area is 180 Å². The fourth-order valence-corrected chi connectivity index (χ4v) is 4.12. The number of nitrogens with zero attached hydrogens (tertiary/aromatic N) is 1. The predicted molar refractivity (Wildman–Crippen MR) is 115 cm³/mol. The minimum Gasteiger partial charge on any atom is -0.352 e. The number of carbonyl (C=O) groups excluding carboxylic acids is 2. The molecule has 3 aromatic rings. The first-order valence-electron chi connectivity index (χ1n) is 10.4. The largest absolute Gasteiger partial charge is 0.352 e. The Morgan fingerprint density at radius 3 is 2.61 bits per heavy atom. The van der Waals surface area contributed by atoms with Crippen LogP contribution >= 0.6 is 0 Å². The summed E-state index contributed by atoms with van der Waals surface area (Å²) in [4.78, 5) is 24.5. The van der Waals surface area contributed by atoms with E-state index in [9.17, 15) is 14.0 Å². The Morgan fingerprint density at radius 2 is 1.90 bits per heavy atom. The number of aromatic nitrogens is 2. The van der Waals surface area contributed by atoms with Crippen LogP contribution in [0.15, 0.2) is 60.8 Å². The van der Waals surface area contributed by atoms with Gasteiger partial charge in [0.15, 0.2) is 0 Å². The van der Waals surface area contributed by atoms with Gasteiger partial charge in [0.2, 0.25) is 11.8 Å². The van der Waals surface area contributed by atoms with Crippen molar-refractivity contribution in [1.29, 1.82) is 0 Å². The molecule has 1 aromatic heterocycles. The average molecular weight is 420 g/mol. The summed E-state index contributed by atoms with van der Waals surface area (Å²) in [6.45, 7) is 0.320. The highest BCUT2D eigenvalue weighted by Gasteiger charge is 2.37. The van der Waals surface area contributed by atoms with E-state index in [-0.39, 0.29) is 23.2 Å². The summed E-state index contributed by atoms with van der Waals surface area (Å²) in [6.07, 6.45) is 4.48. The normalized spacial score (nSPS) is 18.0. The van der Waals surface area contributed by atoms with Crippen molar-refractivity contribution in [2.45, 2.75) is 44.2 Å². The lowest BCUT2D eigenvalue weighted by Crippen LogP contribution is -2.44. The standard InChI is InChI=1S/C24H25FN4O2/c25-20-8-6-18(7-9-20)23-19(16-27-29-23)15-26-21(30)10-12-24(13-11-22(31)28-24)14-17-4-2-1-3-5-17/h1-9,16H,10-15H2,(H,26,30)(H,27,29)(H,28,31). The van der Waals surface area contributed by atoms with Crippen LogP contribution in [0, 0.1) is 5.82 Å². The topological polar surface area (TPSA) is 86.9 Å². The van der Waals surface area contributed by atoms with Gasteiger partial charge in [0.1, 0.15) is 5.82 Å². The van der Waals surface area contributed by atoms with E-state index in [1.807, 2.05) is 30.3 Å². The Hall–Kier alpha value is -3.48. The molecule has 7 heteroatoms. The van der Waals surface area contributed by atoms with Crippen LogP contribution < -0.4 is 10.6 Å². The highest BCUT2D eigenvalue weighted by molar-refractivity contribution is 5.80. The Kier molecular flexibility index (Phi) is 6.11. The third-order valence-electron chi connectivity index (χ3n) is 5.78. The van der Waals surface area contributed by atoms with E-state index in [1.165, 1.54) is 12.1 Å². The highest BCUT2D eigenvalue weighted by Crippen LogP contribution is 2.29. The maximum absolute atomic E-state index is 13.2. The fourth-order valence-electron chi connectivity index (χ4n) is 4.12. The van der Waals surface area contributed by atoms with Gasteiger partial charge in [0.05, 0.1) is 11.9 Å². The van der Waals surface area contributed by atoms with Crippen molar-refractivity contribution < 1.29 is 14.0 Å². The summed E-state index contributed by atoms with van der Waals surface area (Å²) in [5.74, 6) is -0.347. The lowest BCUT2D eigenvalue weighted by atomic mass is 9.85. The monoisotopic (exact) mass is 420 g/mol. The van der Waals surface area contributed by atoms with Crippen molar-refractivity contribution in [2.24, 2.45) is 0 Å². The smallest absolute Gasteiger partial charge is 0.220 e. The zero-order valence-electron chi connectivity index (χ0n) is 17.2. The number of hydrogen-bond acceptors (Lipinski definition) is 3. The molecular formula is C24H25FN4O2. The van der Waals surface area contributed by atoms with Crippen LogP contribution in [0.2, 0.25) is 0 Å². The second kappa shape index (κ2) is 9.12. The minimum atomic E-state index is -0.384. The molecule has 2 heterocycles. The number of H-pyrrole nitrogens is 1. The Bertz CT molecular complexity index is 1050. The Balaban J connectivity index is 1.35. The van der Waals surface area contributed by atoms with Crippen molar-refractivity contribution in [3.8, 4) is 11.3 Å². The first kappa shape index (κ1) is 20.8. The molecule has 3 N–H and O–H groups in total. The second-order valence-electron chi connectivity index (χ2n) is 8.04. The third-order valence-corrected chi connectivity index (χ3v) is 5.78. The number of halogens is 1. The molecule has 1 atom stereocenters. The zero-order valence-corrected chi connectivity index (χ0v) is 17.2. The van der Waals surface area contributed by atoms with Crippen LogP contribution in [0.3, 0.4) is 0 Å². The molecule has 4 rings (SSSR count). The quantitative estimate of drug-likeness (QED) is 0.521. The molecule has 6 nitrogen and oxygen atoms in total. The highest BCUT2D eigenvalue weighted by atomic mass is 19.1. The zero-order chi connectivity index (χ0) is 21.7. The van der Waals surface area contributed by atoms with Gasteiger partial charge in [-0.25, -0.2) is 4.39 Å². The molecule has 1 unspecified atom stereocenters. The van der Waals surface area contributed by atoms with Gasteiger partial charge in [-0.2, -0.15) is 5.10 Å². The molecule has 1 fully saturated rings. The molecule has 31 heavy (non-hydrogen) atoms. The molecule has 0 saturated carbocycles. The van der Waals surface area contributed by atoms with E-state index in [0.29, 0.717) is 32.2 Å². The maximum Gasteiger partial charge on any atom is 0.220 e. The molecule has 0 bridgehead atoms. The summed E-state index contributed by atoms with van der Waals surface area (Å²) < 4.78 is 13.2. The minimum absolute atomic E-state index is 0.0404. The number of amides is 2. The van der Waals surface area contributed by atoms with Gasteiger partial charge in [-0.3, -0.25) is 14.7 Å². The second-order valence-corrected chi connectivity index (χ2v) is 8.04. The Morgan fingerprint density at radius 1 is 1.13 bits per heavy atom. The van der Waals surface area contributed by atoms with Crippen molar-refractivity contribution in [2.75, 3.05) is 0 Å². The van der Waals surface area contributed by atoms with Gasteiger partial charge in [0.25, 0.3) is 0 Å². The summed E-state index contributed by atoms with van der Waals surface area (Å²) >= 11 is 0. The lowest BCUT2D eigenvalue weighted by Gasteiger charge is -2.29. The number of nitrogens with one attached hydrogen (secondary N) is 3. The molecule has 1 saturated heterocycles. The van der Waals surface area contributed by atoms with Gasteiger partial charge in [-0.15, -0.1) is 0 Å². The SMILES string of the molecule is O=C(CCC1(Cc2ccccc2)CCC(=O)N1)NCc1cn[nH]c1-c1ccc(F)cc1. The van der Waals surface area contributed by atoms with Crippen LogP contribution in [0.5, 0.6) is 0 Å². The van der Waals surface area contributed by atoms with Crippen molar-refractivity contribution in [3.63, 3.8) is 0 Å². The van der Waals surface area contributed by atoms with Crippen LogP contribution in [0.4, 0.5) is 4.39 Å². The van der Waals surface area contributed by atoms with E-state index in [4.69, 9.17) is 0 Å². The van der Waals surface area contributed by atoms with E-state index in [1.54, 1.807) is 18.3 Å². The summed E-state index contributed by atoms with van der Waals surface area (Å²) in [5.41, 5.74) is 3.15. The van der Waals surface area contributed by atoms with Gasteiger partial charge in [-0.1, -0.05) is 30.3 Å². The summed E-state index contributed by atoms with van der Waals surface area (Å²) in [6, 6.07) is 16.1. The third kappa shape index (κ3) is 5.17. The number of hydrogen-bond donors (Lipinski definition) is 3. The number of aromatic amines is 1. The number of benzene rings is 2. The molecule has 0 spiro atoms. The lowest BCUT2D eigenvalue weighted by molar-refractivity contribution is -0.122. The van der Waals surface area contributed by atoms with Crippen molar-refractivity contribution in [3.05, 3.63) is 77.7 Å². The average Bonchev–Trinajstić information content (AvgIpc) is 3.39. The molecule has 1 aliphatic heterocycles. The van der Waals surface area contributed by atoms with E-state index in [0.717, 1.165) is 28.8 Å². The molecule has 1 aliphatic rings. The molecule has 2 amide bonds. The number of carbonyl (C=O) groups is 2. The fraction of sp³-hybridized carbons (Fsp3) is 0.292. The molecule has 0 aliphatic carbocycles. The van der Waals surface area contributed by atoms with Gasteiger partial charge in [-0.05, 0) is 49.1 Å². The van der Waals surface area contributed by atoms with Crippen LogP contribution in [-0.2, 0) is 22.6 Å². The molecular weight excluding hydrogens is 395 g/mol. The molecule has 0 radical (unpaired) electrons. The first-order valence-corrected chi connectivity index (χ1v) is 10.4. The van der Waals surface area contributed by atoms with Crippen LogP contribution in [0.1, 0.15) is 36.8 Å². The summed E-state index contributed by atoms with van der Waals surface area (Å²) in [7, 11) is 0. The van der Waals surface area contributed by atoms with E-state index in [2.05, 4.69) is 20.8 Å². The maximum atomic E-state index is 13.2. The molecule has 2 aromatic carbocycles. The summed E-state index contributed by atoms with van der Waals surface area (Å²) in [5, 5.41) is 13.0. The van der Waals surface area contributed by atoms with Gasteiger partial charge >= 0.3 is 0 Å². The van der Waals surface area contributed by atoms with Crippen molar-refractivity contribution in [1.82, 2.24) is 20.8 Å². The van der Waals surface area contributed by atoms with Crippen LogP contribution in [0.25, 0.3) is 11.3 Å². The van der Waals surface area contributed by atoms with Gasteiger partial charge in [0, 0.05) is 36.1 Å². The van der Waals surface area contributed by atoms with E-state index >= 15 is 0 Å². The van der Waals surface area contributed by atoms with Crippen molar-refractivity contribution >= 4 is 11.8 Å². The number of rotatable bonds is 8. The predicted octanol–water partition coefficient (Wildman–Crippen LogP) is 3.50. The first-order chi connectivity index (χ1) is 15.0. The molecule has 160 valence electrons. The van der Waals surface area contributed by atoms with E-state index < -0.39 is 0 Å².